The first-order valence-electron chi connectivity index (χ1n) is 5.30. The third kappa shape index (κ3) is 2.23. The molecule has 0 aliphatic carbocycles. The van der Waals surface area contributed by atoms with E-state index >= 15 is 0 Å². The summed E-state index contributed by atoms with van der Waals surface area (Å²) in [5.41, 5.74) is -0.316. The van der Waals surface area contributed by atoms with Crippen molar-refractivity contribution in [1.82, 2.24) is 20.4 Å². The van der Waals surface area contributed by atoms with Crippen molar-refractivity contribution in [3.05, 3.63) is 18.0 Å². The van der Waals surface area contributed by atoms with Gasteiger partial charge in [-0.15, -0.1) is 0 Å². The molecule has 0 aromatic carbocycles. The highest BCUT2D eigenvalue weighted by Crippen LogP contribution is 2.12. The van der Waals surface area contributed by atoms with E-state index < -0.39 is 5.60 Å². The third-order valence-corrected chi connectivity index (χ3v) is 2.85. The number of carbonyl (C=O) groups excluding carboxylic acids is 1. The van der Waals surface area contributed by atoms with Gasteiger partial charge in [-0.05, 0) is 19.0 Å². The zero-order valence-electron chi connectivity index (χ0n) is 9.23. The standard InChI is InChI=1S/C10H16N4O2/c1-14-8(2-4-13-14)9(15)12-7-10(16)3-5-11-6-10/h2,4,11,16H,3,5-7H2,1H3,(H,12,15). The van der Waals surface area contributed by atoms with E-state index in [1.54, 1.807) is 19.3 Å². The Labute approximate surface area is 93.6 Å². The van der Waals surface area contributed by atoms with Gasteiger partial charge in [-0.25, -0.2) is 0 Å². The highest BCUT2D eigenvalue weighted by Gasteiger charge is 2.31. The van der Waals surface area contributed by atoms with Crippen molar-refractivity contribution in [3.8, 4) is 0 Å². The number of rotatable bonds is 3. The molecular weight excluding hydrogens is 208 g/mol. The number of aliphatic hydroxyl groups is 1. The summed E-state index contributed by atoms with van der Waals surface area (Å²) in [6.07, 6.45) is 2.24. The molecule has 0 saturated carbocycles. The van der Waals surface area contributed by atoms with Crippen molar-refractivity contribution >= 4 is 5.91 Å². The van der Waals surface area contributed by atoms with Crippen LogP contribution in [0.15, 0.2) is 12.3 Å². The minimum Gasteiger partial charge on any atom is -0.387 e. The Balaban J connectivity index is 1.91. The normalized spacial score (nSPS) is 24.6. The summed E-state index contributed by atoms with van der Waals surface area (Å²) < 4.78 is 1.51. The number of nitrogens with one attached hydrogen (secondary N) is 2. The van der Waals surface area contributed by atoms with Crippen molar-refractivity contribution in [2.24, 2.45) is 7.05 Å². The molecule has 2 heterocycles. The first-order valence-corrected chi connectivity index (χ1v) is 5.30. The predicted molar refractivity (Wildman–Crippen MR) is 58.0 cm³/mol. The molecule has 16 heavy (non-hydrogen) atoms. The molecule has 6 nitrogen and oxygen atoms in total. The van der Waals surface area contributed by atoms with Crippen LogP contribution in [-0.2, 0) is 7.05 Å². The maximum Gasteiger partial charge on any atom is 0.269 e. The van der Waals surface area contributed by atoms with Gasteiger partial charge in [0.1, 0.15) is 5.69 Å². The molecule has 1 aliphatic heterocycles. The average Bonchev–Trinajstić information content (AvgIpc) is 2.85. The fourth-order valence-electron chi connectivity index (χ4n) is 1.81. The van der Waals surface area contributed by atoms with Gasteiger partial charge in [-0.2, -0.15) is 5.10 Å². The second-order valence-electron chi connectivity index (χ2n) is 4.17. The van der Waals surface area contributed by atoms with Gasteiger partial charge < -0.3 is 15.7 Å². The molecule has 1 aliphatic rings. The van der Waals surface area contributed by atoms with Crippen LogP contribution in [0.3, 0.4) is 0 Å². The lowest BCUT2D eigenvalue weighted by Gasteiger charge is -2.21. The number of carbonyl (C=O) groups is 1. The molecule has 0 bridgehead atoms. The Bertz CT molecular complexity index is 382. The molecule has 2 rings (SSSR count). The quantitative estimate of drug-likeness (QED) is 0.607. The topological polar surface area (TPSA) is 79.2 Å². The highest BCUT2D eigenvalue weighted by atomic mass is 16.3. The summed E-state index contributed by atoms with van der Waals surface area (Å²) in [6.45, 7) is 1.58. The van der Waals surface area contributed by atoms with E-state index in [-0.39, 0.29) is 12.5 Å². The maximum absolute atomic E-state index is 11.7. The van der Waals surface area contributed by atoms with Crippen LogP contribution in [0.25, 0.3) is 0 Å². The van der Waals surface area contributed by atoms with Crippen LogP contribution in [0.4, 0.5) is 0 Å². The Kier molecular flexibility index (Phi) is 2.93. The van der Waals surface area contributed by atoms with Crippen molar-refractivity contribution in [3.63, 3.8) is 0 Å². The van der Waals surface area contributed by atoms with Crippen LogP contribution in [0, 0.1) is 0 Å². The molecule has 6 heteroatoms. The van der Waals surface area contributed by atoms with E-state index in [1.165, 1.54) is 4.68 Å². The van der Waals surface area contributed by atoms with Gasteiger partial charge in [0.25, 0.3) is 5.91 Å². The Morgan fingerprint density at radius 1 is 1.81 bits per heavy atom. The lowest BCUT2D eigenvalue weighted by atomic mass is 10.0. The van der Waals surface area contributed by atoms with Crippen LogP contribution in [0.5, 0.6) is 0 Å². The molecule has 1 aromatic rings. The fraction of sp³-hybridized carbons (Fsp3) is 0.600. The summed E-state index contributed by atoms with van der Waals surface area (Å²) in [7, 11) is 1.71. The van der Waals surface area contributed by atoms with Crippen LogP contribution in [0.1, 0.15) is 16.9 Å². The zero-order valence-corrected chi connectivity index (χ0v) is 9.23. The van der Waals surface area contributed by atoms with Gasteiger partial charge >= 0.3 is 0 Å². The van der Waals surface area contributed by atoms with E-state index in [0.717, 1.165) is 6.54 Å². The molecular formula is C10H16N4O2. The molecule has 1 atom stereocenters. The number of aromatic nitrogens is 2. The monoisotopic (exact) mass is 224 g/mol. The van der Waals surface area contributed by atoms with Gasteiger partial charge in [0, 0.05) is 26.3 Å². The van der Waals surface area contributed by atoms with Gasteiger partial charge in [0.05, 0.1) is 5.60 Å². The number of nitrogens with zero attached hydrogens (tertiary/aromatic N) is 2. The lowest BCUT2D eigenvalue weighted by molar-refractivity contribution is 0.0559. The molecule has 0 spiro atoms. The first kappa shape index (κ1) is 11.1. The van der Waals surface area contributed by atoms with Crippen molar-refractivity contribution in [1.29, 1.82) is 0 Å². The zero-order chi connectivity index (χ0) is 11.6. The summed E-state index contributed by atoms with van der Waals surface area (Å²) in [5, 5.41) is 19.7. The van der Waals surface area contributed by atoms with Gasteiger partial charge in [0.15, 0.2) is 0 Å². The molecule has 1 fully saturated rings. The van der Waals surface area contributed by atoms with E-state index in [9.17, 15) is 9.90 Å². The second kappa shape index (κ2) is 4.23. The van der Waals surface area contributed by atoms with Gasteiger partial charge in [-0.1, -0.05) is 0 Å². The summed E-state index contributed by atoms with van der Waals surface area (Å²) in [4.78, 5) is 11.7. The molecule has 1 unspecified atom stereocenters. The number of β-amino-alcohol motifs (C(OH)–C–C–N with tert-alkyl or cyclic N) is 1. The van der Waals surface area contributed by atoms with E-state index in [4.69, 9.17) is 0 Å². The average molecular weight is 224 g/mol. The summed E-state index contributed by atoms with van der Waals surface area (Å²) in [6, 6.07) is 1.65. The Hall–Kier alpha value is -1.40. The second-order valence-corrected chi connectivity index (χ2v) is 4.17. The van der Waals surface area contributed by atoms with Crippen LogP contribution >= 0.6 is 0 Å². The molecule has 88 valence electrons. The smallest absolute Gasteiger partial charge is 0.269 e. The minimum absolute atomic E-state index is 0.208. The molecule has 1 aromatic heterocycles. The number of hydrogen-bond donors (Lipinski definition) is 3. The maximum atomic E-state index is 11.7. The largest absolute Gasteiger partial charge is 0.387 e. The first-order chi connectivity index (χ1) is 7.61. The van der Waals surface area contributed by atoms with Crippen LogP contribution in [-0.4, -0.2) is 46.0 Å². The van der Waals surface area contributed by atoms with Crippen molar-refractivity contribution in [2.75, 3.05) is 19.6 Å². The van der Waals surface area contributed by atoms with Crippen LogP contribution < -0.4 is 10.6 Å². The van der Waals surface area contributed by atoms with Crippen LogP contribution in [0.2, 0.25) is 0 Å². The van der Waals surface area contributed by atoms with Crippen molar-refractivity contribution < 1.29 is 9.90 Å². The van der Waals surface area contributed by atoms with Gasteiger partial charge in [0.2, 0.25) is 0 Å². The number of amides is 1. The third-order valence-electron chi connectivity index (χ3n) is 2.85. The van der Waals surface area contributed by atoms with E-state index in [1.807, 2.05) is 0 Å². The predicted octanol–water partition coefficient (Wildman–Crippen LogP) is -1.13. The van der Waals surface area contributed by atoms with E-state index in [2.05, 4.69) is 15.7 Å². The number of hydrogen-bond acceptors (Lipinski definition) is 4. The Morgan fingerprint density at radius 3 is 3.19 bits per heavy atom. The fourth-order valence-corrected chi connectivity index (χ4v) is 1.81. The Morgan fingerprint density at radius 2 is 2.62 bits per heavy atom. The molecule has 0 radical (unpaired) electrons. The molecule has 1 amide bonds. The SMILES string of the molecule is Cn1nccc1C(=O)NCC1(O)CCNC1. The molecule has 3 N–H and O–H groups in total. The van der Waals surface area contributed by atoms with Crippen molar-refractivity contribution in [2.45, 2.75) is 12.0 Å². The minimum atomic E-state index is -0.811. The highest BCUT2D eigenvalue weighted by molar-refractivity contribution is 5.92. The van der Waals surface area contributed by atoms with Gasteiger partial charge in [-0.3, -0.25) is 9.48 Å². The summed E-state index contributed by atoms with van der Waals surface area (Å²) >= 11 is 0. The molecule has 1 saturated heterocycles. The van der Waals surface area contributed by atoms with E-state index in [0.29, 0.717) is 18.7 Å². The summed E-state index contributed by atoms with van der Waals surface area (Å²) in [5.74, 6) is -0.208. The number of aryl methyl sites for hydroxylation is 1. The lowest BCUT2D eigenvalue weighted by Crippen LogP contribution is -2.44.